The largest absolute Gasteiger partial charge is 0.118 e. The van der Waals surface area contributed by atoms with E-state index >= 15 is 0 Å². The minimum absolute atomic E-state index is 0.324. The van der Waals surface area contributed by atoms with E-state index in [0.29, 0.717) is 6.69 Å². The maximum atomic E-state index is 2.53. The van der Waals surface area contributed by atoms with Crippen molar-refractivity contribution < 1.29 is 0 Å². The number of aryl methyl sites for hydroxylation is 1. The van der Waals surface area contributed by atoms with E-state index in [0.717, 1.165) is 0 Å². The van der Waals surface area contributed by atoms with E-state index in [1.165, 1.54) is 33.1 Å². The highest BCUT2D eigenvalue weighted by Crippen LogP contribution is 2.55. The molecule has 0 fully saturated rings. The van der Waals surface area contributed by atoms with Crippen LogP contribution in [0.1, 0.15) is 24.5 Å². The summed E-state index contributed by atoms with van der Waals surface area (Å²) in [6, 6.07) is 8.89. The van der Waals surface area contributed by atoms with Crippen molar-refractivity contribution in [2.24, 2.45) is 0 Å². The van der Waals surface area contributed by atoms with Gasteiger partial charge in [0.1, 0.15) is 0 Å². The molecule has 0 N–H and O–H groups in total. The lowest BCUT2D eigenvalue weighted by Crippen LogP contribution is -1.86. The van der Waals surface area contributed by atoms with Crippen LogP contribution in [-0.2, 0) is 0 Å². The Hall–Kier alpha value is 0.610. The maximum Gasteiger partial charge on any atom is 0.0597 e. The molecule has 0 spiro atoms. The highest BCUT2D eigenvalue weighted by molar-refractivity contribution is 14.2. The van der Waals surface area contributed by atoms with Crippen LogP contribution in [0.2, 0.25) is 0 Å². The predicted molar refractivity (Wildman–Crippen MR) is 96.1 cm³/mol. The first-order valence-electron chi connectivity index (χ1n) is 5.57. The van der Waals surface area contributed by atoms with Crippen LogP contribution in [0.4, 0.5) is 0 Å². The number of halogens is 1. The van der Waals surface area contributed by atoms with Crippen molar-refractivity contribution in [3.8, 4) is 0 Å². The summed E-state index contributed by atoms with van der Waals surface area (Å²) in [6.07, 6.45) is 1.24. The van der Waals surface area contributed by atoms with Crippen molar-refractivity contribution in [2.45, 2.75) is 20.3 Å². The Morgan fingerprint density at radius 1 is 1.29 bits per heavy atom. The fourth-order valence-electron chi connectivity index (χ4n) is 1.50. The van der Waals surface area contributed by atoms with Crippen LogP contribution in [0.25, 0.3) is 5.57 Å². The molecular formula is C13H15IS3. The van der Waals surface area contributed by atoms with Crippen molar-refractivity contribution in [3.63, 3.8) is 0 Å². The smallest absolute Gasteiger partial charge is 0.0597 e. The van der Waals surface area contributed by atoms with Crippen LogP contribution in [0.3, 0.4) is 0 Å². The zero-order chi connectivity index (χ0) is 12.3. The molecule has 0 aromatic heterocycles. The summed E-state index contributed by atoms with van der Waals surface area (Å²) in [7, 11) is 2.01. The lowest BCUT2D eigenvalue weighted by atomic mass is 10.1. The first kappa shape index (κ1) is 14.0. The van der Waals surface area contributed by atoms with E-state index in [1.807, 2.05) is 22.6 Å². The molecule has 1 heterocycles. The van der Waals surface area contributed by atoms with Crippen LogP contribution in [0.15, 0.2) is 28.5 Å². The van der Waals surface area contributed by atoms with Gasteiger partial charge in [-0.3, -0.25) is 0 Å². The van der Waals surface area contributed by atoms with Crippen molar-refractivity contribution in [1.82, 2.24) is 0 Å². The van der Waals surface area contributed by atoms with Crippen molar-refractivity contribution >= 4 is 61.4 Å². The average molecular weight is 394 g/mol. The molecule has 1 atom stereocenters. The Kier molecular flexibility index (Phi) is 5.51. The number of rotatable bonds is 4. The molecule has 0 amide bonds. The summed E-state index contributed by atoms with van der Waals surface area (Å²) in [4.78, 5) is 0. The van der Waals surface area contributed by atoms with Crippen LogP contribution in [-0.4, -0.2) is 11.1 Å². The second kappa shape index (κ2) is 6.68. The zero-order valence-corrected chi connectivity index (χ0v) is 14.5. The molecule has 1 aromatic rings. The maximum absolute atomic E-state index is 2.53. The van der Waals surface area contributed by atoms with E-state index in [-0.39, 0.29) is 0 Å². The number of hydrogen-bond donors (Lipinski definition) is 0. The molecule has 1 aliphatic rings. The molecule has 0 nitrogen and oxygen atoms in total. The van der Waals surface area contributed by atoms with Gasteiger partial charge in [-0.05, 0) is 40.8 Å². The summed E-state index contributed by atoms with van der Waals surface area (Å²) in [5, 5.41) is 2.41. The van der Waals surface area contributed by atoms with Crippen LogP contribution < -0.4 is 0 Å². The highest BCUT2D eigenvalue weighted by atomic mass is 127. The molecule has 17 heavy (non-hydrogen) atoms. The van der Waals surface area contributed by atoms with E-state index in [9.17, 15) is 0 Å². The van der Waals surface area contributed by atoms with Gasteiger partial charge in [-0.2, -0.15) is 0 Å². The summed E-state index contributed by atoms with van der Waals surface area (Å²) >= 11 is 4.54. The van der Waals surface area contributed by atoms with Gasteiger partial charge < -0.3 is 0 Å². The zero-order valence-electron chi connectivity index (χ0n) is 9.90. The van der Waals surface area contributed by atoms with Gasteiger partial charge in [-0.1, -0.05) is 43.4 Å². The van der Waals surface area contributed by atoms with E-state index in [4.69, 9.17) is 0 Å². The summed E-state index contributed by atoms with van der Waals surface area (Å²) in [6.45, 7) is 4.71. The van der Waals surface area contributed by atoms with E-state index < -0.39 is 0 Å². The molecule has 0 radical (unpaired) electrons. The predicted octanol–water partition coefficient (Wildman–Crippen LogP) is 5.89. The molecule has 0 aliphatic carbocycles. The van der Waals surface area contributed by atoms with Gasteiger partial charge >= 0.3 is 0 Å². The SMILES string of the molecule is CCCSC1=C(c2ccc(C)cc2)C=S(I)S1. The van der Waals surface area contributed by atoms with Gasteiger partial charge in [0.2, 0.25) is 0 Å². The number of allylic oxidation sites excluding steroid dienone is 1. The van der Waals surface area contributed by atoms with Crippen LogP contribution in [0, 0.1) is 6.92 Å². The standard InChI is InChI=1S/C13H15IS3/c1-3-8-15-13-12(9-17(14)16-13)11-6-4-10(2)5-7-11/h4-7,9H,3,8H2,1-2H3. The summed E-state index contributed by atoms with van der Waals surface area (Å²) in [5.41, 5.74) is 4.15. The fraction of sp³-hybridized carbons (Fsp3) is 0.308. The van der Waals surface area contributed by atoms with Crippen LogP contribution >= 0.6 is 50.4 Å². The minimum atomic E-state index is 0.324. The molecule has 1 unspecified atom stereocenters. The van der Waals surface area contributed by atoms with Gasteiger partial charge in [-0.25, -0.2) is 0 Å². The second-order valence-electron chi connectivity index (χ2n) is 3.87. The van der Waals surface area contributed by atoms with Crippen molar-refractivity contribution in [1.29, 1.82) is 0 Å². The van der Waals surface area contributed by atoms with Crippen molar-refractivity contribution in [3.05, 3.63) is 39.6 Å². The third kappa shape index (κ3) is 3.78. The Morgan fingerprint density at radius 2 is 2.00 bits per heavy atom. The molecule has 4 heteroatoms. The average Bonchev–Trinajstić information content (AvgIpc) is 2.69. The Bertz CT molecular complexity index is 460. The molecule has 0 bridgehead atoms. The first-order valence-corrected chi connectivity index (χ1v) is 11.7. The molecule has 1 aliphatic heterocycles. The highest BCUT2D eigenvalue weighted by Gasteiger charge is 2.16. The van der Waals surface area contributed by atoms with Crippen LogP contribution in [0.5, 0.6) is 0 Å². The van der Waals surface area contributed by atoms with E-state index in [2.05, 4.69) is 64.7 Å². The first-order chi connectivity index (χ1) is 8.20. The van der Waals surface area contributed by atoms with E-state index in [1.54, 1.807) is 0 Å². The number of thioether (sulfide) groups is 1. The lowest BCUT2D eigenvalue weighted by molar-refractivity contribution is 1.11. The Morgan fingerprint density at radius 3 is 2.65 bits per heavy atom. The molecule has 0 saturated heterocycles. The van der Waals surface area contributed by atoms with Crippen molar-refractivity contribution in [2.75, 3.05) is 5.75 Å². The third-order valence-corrected chi connectivity index (χ3v) is 9.00. The summed E-state index contributed by atoms with van der Waals surface area (Å²) < 4.78 is 1.51. The molecular weight excluding hydrogens is 379 g/mol. The van der Waals surface area contributed by atoms with Gasteiger partial charge in [0.15, 0.2) is 0 Å². The fourth-order valence-corrected chi connectivity index (χ4v) is 9.42. The Balaban J connectivity index is 2.28. The number of hydrogen-bond acceptors (Lipinski definition) is 2. The summed E-state index contributed by atoms with van der Waals surface area (Å²) in [5.74, 6) is 1.22. The monoisotopic (exact) mass is 394 g/mol. The van der Waals surface area contributed by atoms with Gasteiger partial charge in [0.25, 0.3) is 0 Å². The minimum Gasteiger partial charge on any atom is -0.118 e. The second-order valence-corrected chi connectivity index (χ2v) is 12.8. The molecule has 92 valence electrons. The Labute approximate surface area is 126 Å². The molecule has 0 saturated carbocycles. The van der Waals surface area contributed by atoms with Gasteiger partial charge in [0.05, 0.1) is 4.24 Å². The number of benzene rings is 1. The topological polar surface area (TPSA) is 0 Å². The normalized spacial score (nSPS) is 19.6. The quantitative estimate of drug-likeness (QED) is 0.355. The third-order valence-electron chi connectivity index (χ3n) is 2.39. The molecule has 1 aromatic carbocycles. The molecule has 2 rings (SSSR count). The van der Waals surface area contributed by atoms with Gasteiger partial charge in [0, 0.05) is 26.8 Å². The van der Waals surface area contributed by atoms with Gasteiger partial charge in [-0.15, -0.1) is 11.8 Å². The lowest BCUT2D eigenvalue weighted by Gasteiger charge is -2.05.